The molecule has 0 aromatic carbocycles. The molecule has 1 heterocycles. The number of rotatable bonds is 3. The number of likely N-dealkylation sites (tertiary alicyclic amines) is 1. The zero-order valence-corrected chi connectivity index (χ0v) is 14.6. The van der Waals surface area contributed by atoms with Crippen LogP contribution in [0.1, 0.15) is 66.7 Å². The summed E-state index contributed by atoms with van der Waals surface area (Å²) in [5, 5.41) is 13.1. The summed E-state index contributed by atoms with van der Waals surface area (Å²) in [6, 6.07) is 3.57. The highest BCUT2D eigenvalue weighted by atomic mass is 15.2. The standard InChI is InChI=1S/C18H33N3/c1-14(2)20-18(13-19)9-6-16(12-18)21-10-7-15(8-11-21)17(3,4)5/h14-16,20H,6-12H2,1-5H3. The minimum atomic E-state index is -0.278. The van der Waals surface area contributed by atoms with Crippen molar-refractivity contribution in [2.75, 3.05) is 13.1 Å². The van der Waals surface area contributed by atoms with Crippen molar-refractivity contribution in [2.24, 2.45) is 11.3 Å². The maximum absolute atomic E-state index is 9.60. The van der Waals surface area contributed by atoms with Crippen molar-refractivity contribution in [1.29, 1.82) is 5.26 Å². The monoisotopic (exact) mass is 291 g/mol. The van der Waals surface area contributed by atoms with E-state index in [4.69, 9.17) is 0 Å². The predicted octanol–water partition coefficient (Wildman–Crippen LogP) is 3.56. The average molecular weight is 291 g/mol. The molecule has 0 radical (unpaired) electrons. The van der Waals surface area contributed by atoms with Crippen LogP contribution < -0.4 is 5.32 Å². The van der Waals surface area contributed by atoms with Gasteiger partial charge in [-0.15, -0.1) is 0 Å². The summed E-state index contributed by atoms with van der Waals surface area (Å²) in [4.78, 5) is 2.66. The van der Waals surface area contributed by atoms with E-state index in [1.165, 1.54) is 32.4 Å². The number of piperidine rings is 1. The SMILES string of the molecule is CC(C)NC1(C#N)CCC(N2CCC(C(C)(C)C)CC2)C1. The van der Waals surface area contributed by atoms with Crippen molar-refractivity contribution >= 4 is 0 Å². The Morgan fingerprint density at radius 3 is 2.29 bits per heavy atom. The molecule has 1 aliphatic carbocycles. The summed E-state index contributed by atoms with van der Waals surface area (Å²) >= 11 is 0. The highest BCUT2D eigenvalue weighted by Gasteiger charge is 2.42. The van der Waals surface area contributed by atoms with Crippen molar-refractivity contribution in [3.8, 4) is 6.07 Å². The minimum Gasteiger partial charge on any atom is -0.300 e. The number of nitrogens with zero attached hydrogens (tertiary/aromatic N) is 2. The lowest BCUT2D eigenvalue weighted by atomic mass is 9.75. The van der Waals surface area contributed by atoms with Gasteiger partial charge in [0, 0.05) is 12.1 Å². The molecule has 1 N–H and O–H groups in total. The van der Waals surface area contributed by atoms with Crippen LogP contribution in [0.15, 0.2) is 0 Å². The molecule has 3 nitrogen and oxygen atoms in total. The molecule has 2 fully saturated rings. The van der Waals surface area contributed by atoms with Crippen LogP contribution in [0.5, 0.6) is 0 Å². The van der Waals surface area contributed by atoms with E-state index in [0.29, 0.717) is 17.5 Å². The number of nitriles is 1. The first-order valence-electron chi connectivity index (χ1n) is 8.69. The lowest BCUT2D eigenvalue weighted by Crippen LogP contribution is -2.48. The van der Waals surface area contributed by atoms with E-state index in [1.54, 1.807) is 0 Å². The molecule has 0 spiro atoms. The molecule has 2 atom stereocenters. The Balaban J connectivity index is 1.90. The van der Waals surface area contributed by atoms with Crippen LogP contribution in [-0.2, 0) is 0 Å². The first-order chi connectivity index (χ1) is 9.76. The molecular formula is C18H33N3. The normalized spacial score (nSPS) is 32.5. The van der Waals surface area contributed by atoms with Gasteiger partial charge in [0.15, 0.2) is 0 Å². The van der Waals surface area contributed by atoms with E-state index in [-0.39, 0.29) is 5.54 Å². The van der Waals surface area contributed by atoms with Gasteiger partial charge in [-0.1, -0.05) is 20.8 Å². The largest absolute Gasteiger partial charge is 0.300 e. The number of nitrogens with one attached hydrogen (secondary N) is 1. The van der Waals surface area contributed by atoms with Crippen LogP contribution in [-0.4, -0.2) is 35.6 Å². The van der Waals surface area contributed by atoms with Gasteiger partial charge in [0.2, 0.25) is 0 Å². The fraction of sp³-hybridized carbons (Fsp3) is 0.944. The van der Waals surface area contributed by atoms with Crippen LogP contribution in [0.4, 0.5) is 0 Å². The third kappa shape index (κ3) is 3.99. The molecule has 0 aromatic rings. The second-order valence-electron chi connectivity index (χ2n) is 8.57. The summed E-state index contributed by atoms with van der Waals surface area (Å²) in [6.45, 7) is 13.8. The molecule has 21 heavy (non-hydrogen) atoms. The van der Waals surface area contributed by atoms with Crippen LogP contribution in [0, 0.1) is 22.7 Å². The summed E-state index contributed by atoms with van der Waals surface area (Å²) in [6.07, 6.45) is 5.81. The Labute approximate surface area is 131 Å². The molecule has 3 heteroatoms. The molecule has 120 valence electrons. The zero-order chi connectivity index (χ0) is 15.7. The minimum absolute atomic E-state index is 0.278. The van der Waals surface area contributed by atoms with Crippen molar-refractivity contribution < 1.29 is 0 Å². The highest BCUT2D eigenvalue weighted by Crippen LogP contribution is 2.38. The van der Waals surface area contributed by atoms with Crippen molar-refractivity contribution in [3.05, 3.63) is 0 Å². The topological polar surface area (TPSA) is 39.1 Å². The van der Waals surface area contributed by atoms with Crippen molar-refractivity contribution in [2.45, 2.75) is 84.3 Å². The molecule has 2 rings (SSSR count). The number of hydrogen-bond donors (Lipinski definition) is 1. The second kappa shape index (κ2) is 6.26. The lowest BCUT2D eigenvalue weighted by molar-refractivity contribution is 0.0822. The number of hydrogen-bond acceptors (Lipinski definition) is 3. The second-order valence-corrected chi connectivity index (χ2v) is 8.57. The first kappa shape index (κ1) is 16.8. The molecule has 2 unspecified atom stereocenters. The third-order valence-electron chi connectivity index (χ3n) is 5.54. The Kier molecular flexibility index (Phi) is 5.00. The van der Waals surface area contributed by atoms with E-state index >= 15 is 0 Å². The van der Waals surface area contributed by atoms with E-state index in [1.807, 2.05) is 0 Å². The molecular weight excluding hydrogens is 258 g/mol. The molecule has 1 aliphatic heterocycles. The third-order valence-corrected chi connectivity index (χ3v) is 5.54. The quantitative estimate of drug-likeness (QED) is 0.864. The van der Waals surface area contributed by atoms with Gasteiger partial charge in [0.05, 0.1) is 6.07 Å². The van der Waals surface area contributed by atoms with E-state index < -0.39 is 0 Å². The maximum Gasteiger partial charge on any atom is 0.108 e. The van der Waals surface area contributed by atoms with E-state index in [9.17, 15) is 5.26 Å². The van der Waals surface area contributed by atoms with Crippen molar-refractivity contribution in [3.63, 3.8) is 0 Å². The van der Waals surface area contributed by atoms with Gasteiger partial charge in [-0.25, -0.2) is 0 Å². The van der Waals surface area contributed by atoms with Gasteiger partial charge in [0.25, 0.3) is 0 Å². The molecule has 1 saturated carbocycles. The smallest absolute Gasteiger partial charge is 0.108 e. The molecule has 1 saturated heterocycles. The Morgan fingerprint density at radius 1 is 1.19 bits per heavy atom. The van der Waals surface area contributed by atoms with Crippen LogP contribution in [0.3, 0.4) is 0 Å². The van der Waals surface area contributed by atoms with Crippen LogP contribution in [0.25, 0.3) is 0 Å². The summed E-state index contributed by atoms with van der Waals surface area (Å²) in [5.74, 6) is 0.852. The van der Waals surface area contributed by atoms with Crippen molar-refractivity contribution in [1.82, 2.24) is 10.2 Å². The van der Waals surface area contributed by atoms with Gasteiger partial charge in [0.1, 0.15) is 5.54 Å². The fourth-order valence-corrected chi connectivity index (χ4v) is 4.28. The summed E-state index contributed by atoms with van der Waals surface area (Å²) < 4.78 is 0. The first-order valence-corrected chi connectivity index (χ1v) is 8.69. The Bertz CT molecular complexity index is 382. The van der Waals surface area contributed by atoms with E-state index in [0.717, 1.165) is 18.8 Å². The van der Waals surface area contributed by atoms with Crippen LogP contribution >= 0.6 is 0 Å². The predicted molar refractivity (Wildman–Crippen MR) is 88.0 cm³/mol. The fourth-order valence-electron chi connectivity index (χ4n) is 4.28. The van der Waals surface area contributed by atoms with Gasteiger partial charge >= 0.3 is 0 Å². The highest BCUT2D eigenvalue weighted by molar-refractivity contribution is 5.14. The molecule has 0 aromatic heterocycles. The molecule has 0 amide bonds. The van der Waals surface area contributed by atoms with Gasteiger partial charge in [-0.2, -0.15) is 5.26 Å². The summed E-state index contributed by atoms with van der Waals surface area (Å²) in [5.41, 5.74) is 0.164. The van der Waals surface area contributed by atoms with Gasteiger partial charge in [-0.05, 0) is 70.4 Å². The van der Waals surface area contributed by atoms with Crippen LogP contribution in [0.2, 0.25) is 0 Å². The molecule has 0 bridgehead atoms. The summed E-state index contributed by atoms with van der Waals surface area (Å²) in [7, 11) is 0. The zero-order valence-electron chi connectivity index (χ0n) is 14.6. The average Bonchev–Trinajstić information content (AvgIpc) is 2.82. The van der Waals surface area contributed by atoms with Gasteiger partial charge in [-0.3, -0.25) is 5.32 Å². The van der Waals surface area contributed by atoms with Gasteiger partial charge < -0.3 is 4.90 Å². The maximum atomic E-state index is 9.60. The lowest BCUT2D eigenvalue weighted by Gasteiger charge is -2.41. The Morgan fingerprint density at radius 2 is 1.81 bits per heavy atom. The van der Waals surface area contributed by atoms with E-state index in [2.05, 4.69) is 50.9 Å². The molecule has 2 aliphatic rings. The Hall–Kier alpha value is -0.590.